The number of carbonyl (C=O) groups excluding carboxylic acids is 1. The van der Waals surface area contributed by atoms with E-state index in [9.17, 15) is 14.3 Å². The average molecular weight is 731 g/mol. The van der Waals surface area contributed by atoms with Gasteiger partial charge >= 0.3 is 13.8 Å². The highest BCUT2D eigenvalue weighted by molar-refractivity contribution is 7.47. The maximum absolute atomic E-state index is 12.6. The van der Waals surface area contributed by atoms with Gasteiger partial charge in [0.25, 0.3) is 0 Å². The quantitative estimate of drug-likeness (QED) is 0.0222. The van der Waals surface area contributed by atoms with Gasteiger partial charge in [0, 0.05) is 13.0 Å². The van der Waals surface area contributed by atoms with E-state index in [4.69, 9.17) is 18.5 Å². The highest BCUT2D eigenvalue weighted by atomic mass is 31.2. The van der Waals surface area contributed by atoms with Crippen molar-refractivity contribution in [2.45, 2.75) is 180 Å². The van der Waals surface area contributed by atoms with Crippen molar-refractivity contribution in [2.24, 2.45) is 0 Å². The fourth-order valence-electron chi connectivity index (χ4n) is 5.51. The standard InChI is InChI=1S/C41H80NO7P/c1-6-8-10-12-14-16-18-20-21-23-25-27-29-31-33-36-46-38-40(39-48-50(44,45)47-37-35-42(3,4)5)49-41(43)34-32-30-28-26-24-22-19-17-15-13-11-9-7-2/h12,14,18,20,40H,6-11,13,15-17,19,21-39H2,1-5H3/p+1/b14-12-,20-18-. The van der Waals surface area contributed by atoms with Gasteiger partial charge in [-0.2, -0.15) is 0 Å². The second-order valence-electron chi connectivity index (χ2n) is 15.0. The lowest BCUT2D eigenvalue weighted by Gasteiger charge is -2.24. The van der Waals surface area contributed by atoms with Gasteiger partial charge in [0.15, 0.2) is 0 Å². The average Bonchev–Trinajstić information content (AvgIpc) is 3.06. The van der Waals surface area contributed by atoms with Crippen molar-refractivity contribution in [1.82, 2.24) is 0 Å². The number of quaternary nitrogens is 1. The SMILES string of the molecule is CCCC/C=C\C/C=C\CCCCCCCCOCC(COP(=O)(O)OCC[N+](C)(C)C)OC(=O)CCCCCCCCCCCCCCC. The Bertz CT molecular complexity index is 858. The van der Waals surface area contributed by atoms with Crippen LogP contribution in [0.1, 0.15) is 174 Å². The number of phosphoric ester groups is 1. The molecule has 0 amide bonds. The summed E-state index contributed by atoms with van der Waals surface area (Å²) in [7, 11) is 1.66. The zero-order valence-electron chi connectivity index (χ0n) is 33.4. The second kappa shape index (κ2) is 35.0. The smallest absolute Gasteiger partial charge is 0.457 e. The Kier molecular flexibility index (Phi) is 34.3. The lowest BCUT2D eigenvalue weighted by atomic mass is 10.0. The molecule has 0 aliphatic carbocycles. The minimum absolute atomic E-state index is 0.0881. The Balaban J connectivity index is 4.27. The lowest BCUT2D eigenvalue weighted by Crippen LogP contribution is -2.37. The largest absolute Gasteiger partial charge is 0.472 e. The maximum Gasteiger partial charge on any atom is 0.472 e. The van der Waals surface area contributed by atoms with Crippen LogP contribution in [0.15, 0.2) is 24.3 Å². The predicted octanol–water partition coefficient (Wildman–Crippen LogP) is 11.7. The fourth-order valence-corrected chi connectivity index (χ4v) is 6.25. The summed E-state index contributed by atoms with van der Waals surface area (Å²) < 4.78 is 34.9. The molecular formula is C41H81NO7P+. The van der Waals surface area contributed by atoms with E-state index in [0.717, 1.165) is 44.9 Å². The van der Waals surface area contributed by atoms with E-state index in [1.54, 1.807) is 0 Å². The molecule has 0 saturated heterocycles. The molecule has 0 radical (unpaired) electrons. The monoisotopic (exact) mass is 731 g/mol. The molecule has 0 fully saturated rings. The van der Waals surface area contributed by atoms with Crippen LogP contribution < -0.4 is 0 Å². The Morgan fingerprint density at radius 2 is 1.12 bits per heavy atom. The van der Waals surface area contributed by atoms with Crippen LogP contribution in [0.3, 0.4) is 0 Å². The third-order valence-corrected chi connectivity index (χ3v) is 9.75. The van der Waals surface area contributed by atoms with Crippen LogP contribution in [-0.4, -0.2) is 75.6 Å². The fraction of sp³-hybridized carbons (Fsp3) is 0.878. The van der Waals surface area contributed by atoms with Crippen molar-refractivity contribution in [3.8, 4) is 0 Å². The Hall–Kier alpha value is -1.02. The van der Waals surface area contributed by atoms with Gasteiger partial charge in [-0.05, 0) is 38.5 Å². The summed E-state index contributed by atoms with van der Waals surface area (Å²) in [6.45, 7) is 5.57. The van der Waals surface area contributed by atoms with E-state index in [-0.39, 0.29) is 25.8 Å². The molecule has 0 aromatic carbocycles. The molecule has 0 aliphatic heterocycles. The van der Waals surface area contributed by atoms with E-state index in [2.05, 4.69) is 38.2 Å². The number of likely N-dealkylation sites (N-methyl/N-ethyl adjacent to an activating group) is 1. The summed E-state index contributed by atoms with van der Waals surface area (Å²) in [4.78, 5) is 22.8. The summed E-state index contributed by atoms with van der Waals surface area (Å²) in [5.74, 6) is -0.317. The second-order valence-corrected chi connectivity index (χ2v) is 16.5. The van der Waals surface area contributed by atoms with Crippen molar-refractivity contribution in [3.63, 3.8) is 0 Å². The van der Waals surface area contributed by atoms with Crippen LogP contribution >= 0.6 is 7.82 Å². The van der Waals surface area contributed by atoms with Gasteiger partial charge in [-0.15, -0.1) is 0 Å². The summed E-state index contributed by atoms with van der Waals surface area (Å²) >= 11 is 0. The first kappa shape index (κ1) is 49.0. The molecule has 50 heavy (non-hydrogen) atoms. The first-order valence-corrected chi connectivity index (χ1v) is 22.1. The molecule has 0 bridgehead atoms. The number of hydrogen-bond acceptors (Lipinski definition) is 6. The normalized spacial score (nSPS) is 14.1. The molecule has 2 atom stereocenters. The third-order valence-electron chi connectivity index (χ3n) is 8.77. The van der Waals surface area contributed by atoms with E-state index < -0.39 is 13.9 Å². The van der Waals surface area contributed by atoms with E-state index in [1.807, 2.05) is 21.1 Å². The predicted molar refractivity (Wildman–Crippen MR) is 210 cm³/mol. The Morgan fingerprint density at radius 3 is 1.68 bits per heavy atom. The van der Waals surface area contributed by atoms with E-state index >= 15 is 0 Å². The van der Waals surface area contributed by atoms with Crippen LogP contribution in [0, 0.1) is 0 Å². The molecule has 0 aromatic heterocycles. The van der Waals surface area contributed by atoms with Crippen molar-refractivity contribution in [1.29, 1.82) is 0 Å². The lowest BCUT2D eigenvalue weighted by molar-refractivity contribution is -0.870. The van der Waals surface area contributed by atoms with Gasteiger partial charge in [0.05, 0.1) is 34.4 Å². The van der Waals surface area contributed by atoms with Crippen LogP contribution in [0.2, 0.25) is 0 Å². The minimum atomic E-state index is -4.27. The van der Waals surface area contributed by atoms with Crippen molar-refractivity contribution >= 4 is 13.8 Å². The zero-order chi connectivity index (χ0) is 37.0. The van der Waals surface area contributed by atoms with Crippen molar-refractivity contribution < 1.29 is 37.3 Å². The number of ether oxygens (including phenoxy) is 2. The number of allylic oxidation sites excluding steroid dienone is 4. The molecule has 0 aliphatic rings. The molecule has 8 nitrogen and oxygen atoms in total. The molecule has 0 aromatic rings. The van der Waals surface area contributed by atoms with Crippen molar-refractivity contribution in [2.75, 3.05) is 54.1 Å². The van der Waals surface area contributed by atoms with Gasteiger partial charge in [0.2, 0.25) is 0 Å². The van der Waals surface area contributed by atoms with Crippen LogP contribution in [-0.2, 0) is 27.9 Å². The zero-order valence-corrected chi connectivity index (χ0v) is 34.3. The van der Waals surface area contributed by atoms with Crippen LogP contribution in [0.25, 0.3) is 0 Å². The first-order chi connectivity index (χ1) is 24.1. The molecule has 0 spiro atoms. The third kappa shape index (κ3) is 38.2. The summed E-state index contributed by atoms with van der Waals surface area (Å²) in [6.07, 6.45) is 37.7. The van der Waals surface area contributed by atoms with E-state index in [0.29, 0.717) is 24.1 Å². The highest BCUT2D eigenvalue weighted by Crippen LogP contribution is 2.43. The number of carbonyl (C=O) groups is 1. The first-order valence-electron chi connectivity index (χ1n) is 20.6. The van der Waals surface area contributed by atoms with Gasteiger partial charge in [-0.1, -0.05) is 154 Å². The minimum Gasteiger partial charge on any atom is -0.457 e. The highest BCUT2D eigenvalue weighted by Gasteiger charge is 2.26. The number of phosphoric acid groups is 1. The topological polar surface area (TPSA) is 91.3 Å². The number of esters is 1. The molecule has 1 N–H and O–H groups in total. The van der Waals surface area contributed by atoms with Crippen LogP contribution in [0.5, 0.6) is 0 Å². The molecule has 0 heterocycles. The molecule has 2 unspecified atom stereocenters. The van der Waals surface area contributed by atoms with Crippen molar-refractivity contribution in [3.05, 3.63) is 24.3 Å². The van der Waals surface area contributed by atoms with E-state index in [1.165, 1.54) is 109 Å². The summed E-state index contributed by atoms with van der Waals surface area (Å²) in [6, 6.07) is 0. The van der Waals surface area contributed by atoms with Gasteiger partial charge in [-0.3, -0.25) is 13.8 Å². The Morgan fingerprint density at radius 1 is 0.620 bits per heavy atom. The number of nitrogens with zero attached hydrogens (tertiary/aromatic N) is 1. The Labute approximate surface area is 309 Å². The molecule has 296 valence electrons. The number of rotatable bonds is 38. The number of unbranched alkanes of at least 4 members (excludes halogenated alkanes) is 20. The summed E-state index contributed by atoms with van der Waals surface area (Å²) in [5.41, 5.74) is 0. The molecule has 0 saturated carbocycles. The number of hydrogen-bond donors (Lipinski definition) is 1. The van der Waals surface area contributed by atoms with Gasteiger partial charge in [0.1, 0.15) is 19.3 Å². The van der Waals surface area contributed by atoms with Crippen LogP contribution in [0.4, 0.5) is 0 Å². The molecular weight excluding hydrogens is 649 g/mol. The molecule has 0 rings (SSSR count). The summed E-state index contributed by atoms with van der Waals surface area (Å²) in [5, 5.41) is 0. The van der Waals surface area contributed by atoms with Gasteiger partial charge in [-0.25, -0.2) is 4.57 Å². The molecule has 9 heteroatoms. The van der Waals surface area contributed by atoms with Gasteiger partial charge < -0.3 is 18.9 Å². The maximum atomic E-state index is 12.6.